The first-order valence-electron chi connectivity index (χ1n) is 10.0. The van der Waals surface area contributed by atoms with Crippen molar-refractivity contribution in [2.75, 3.05) is 6.26 Å². The van der Waals surface area contributed by atoms with E-state index >= 15 is 0 Å². The van der Waals surface area contributed by atoms with Gasteiger partial charge < -0.3 is 10.1 Å². The molecule has 176 valence electrons. The molecule has 1 atom stereocenters. The van der Waals surface area contributed by atoms with Crippen LogP contribution in [0.1, 0.15) is 25.6 Å². The van der Waals surface area contributed by atoms with Crippen LogP contribution in [0.5, 0.6) is 0 Å². The molecule has 1 heterocycles. The van der Waals surface area contributed by atoms with E-state index in [1.165, 1.54) is 12.1 Å². The lowest BCUT2D eigenvalue weighted by molar-refractivity contribution is 0.0524. The van der Waals surface area contributed by atoms with Gasteiger partial charge in [0.1, 0.15) is 19.5 Å². The Balaban J connectivity index is 1.94. The molecule has 2 N–H and O–H groups in total. The van der Waals surface area contributed by atoms with Gasteiger partial charge in [0.25, 0.3) is 0 Å². The van der Waals surface area contributed by atoms with E-state index in [2.05, 4.69) is 5.32 Å². The number of carbonyl (C=O) groups excluding carboxylic acids is 1. The third-order valence-electron chi connectivity index (χ3n) is 4.47. The Kier molecular flexibility index (Phi) is 7.01. The summed E-state index contributed by atoms with van der Waals surface area (Å²) in [7, 11) is -7.08. The number of sulfone groups is 1. The number of amides is 1. The predicted molar refractivity (Wildman–Crippen MR) is 130 cm³/mol. The molecule has 1 aromatic heterocycles. The molecule has 0 radical (unpaired) electrons. The topological polar surface area (TPSA) is 113 Å². The van der Waals surface area contributed by atoms with Crippen LogP contribution in [0.3, 0.4) is 0 Å². The Hall–Kier alpha value is -2.69. The van der Waals surface area contributed by atoms with Gasteiger partial charge in [0.15, 0.2) is 9.84 Å². The van der Waals surface area contributed by atoms with E-state index in [0.29, 0.717) is 10.4 Å². The summed E-state index contributed by atoms with van der Waals surface area (Å²) in [4.78, 5) is 12.7. The first-order chi connectivity index (χ1) is 15.3. The molecule has 0 saturated heterocycles. The van der Waals surface area contributed by atoms with Gasteiger partial charge in [-0.2, -0.15) is 0 Å². The Morgan fingerprint density at radius 3 is 2.21 bits per heavy atom. The van der Waals surface area contributed by atoms with Crippen LogP contribution in [-0.2, 0) is 30.8 Å². The summed E-state index contributed by atoms with van der Waals surface area (Å²) in [6.45, 7) is 5.45. The maximum absolute atomic E-state index is 13.6. The molecule has 0 aliphatic rings. The van der Waals surface area contributed by atoms with E-state index in [1.54, 1.807) is 39.0 Å². The van der Waals surface area contributed by atoms with Crippen molar-refractivity contribution in [3.05, 3.63) is 65.5 Å². The predicted octanol–water partition coefficient (Wildman–Crippen LogP) is 5.31. The molecule has 10 heteroatoms. The molecular formula is C23H26N2O5S3. The molecule has 0 aliphatic carbocycles. The van der Waals surface area contributed by atoms with Crippen molar-refractivity contribution >= 4 is 37.0 Å². The Bertz CT molecular complexity index is 1370. The van der Waals surface area contributed by atoms with Crippen LogP contribution in [-0.4, -0.2) is 30.6 Å². The fraction of sp³-hybridized carbons (Fsp3) is 0.261. The first kappa shape index (κ1) is 24.9. The second-order valence-electron chi connectivity index (χ2n) is 8.46. The molecule has 7 nitrogen and oxygen atoms in total. The summed E-state index contributed by atoms with van der Waals surface area (Å²) < 4.78 is 52.2. The van der Waals surface area contributed by atoms with Gasteiger partial charge in [-0.25, -0.2) is 22.2 Å². The van der Waals surface area contributed by atoms with Crippen molar-refractivity contribution in [3.63, 3.8) is 0 Å². The van der Waals surface area contributed by atoms with E-state index in [0.717, 1.165) is 23.2 Å². The van der Waals surface area contributed by atoms with Crippen LogP contribution >= 0.6 is 11.3 Å². The van der Waals surface area contributed by atoms with Crippen LogP contribution in [0.15, 0.2) is 74.7 Å². The van der Waals surface area contributed by atoms with Gasteiger partial charge in [0.2, 0.25) is 0 Å². The van der Waals surface area contributed by atoms with Crippen LogP contribution in [0.25, 0.3) is 11.1 Å². The second kappa shape index (κ2) is 9.28. The lowest BCUT2D eigenvalue weighted by atomic mass is 10.1. The molecule has 1 amide bonds. The molecule has 1 unspecified atom stereocenters. The van der Waals surface area contributed by atoms with Crippen molar-refractivity contribution in [3.8, 4) is 11.1 Å². The summed E-state index contributed by atoms with van der Waals surface area (Å²) >= 11 is 1.13. The van der Waals surface area contributed by atoms with Gasteiger partial charge in [0, 0.05) is 11.1 Å². The third kappa shape index (κ3) is 6.43. The number of ether oxygens (including phenoxy) is 1. The van der Waals surface area contributed by atoms with Crippen molar-refractivity contribution in [2.24, 2.45) is 0 Å². The number of nitrogens with one attached hydrogen (secondary N) is 2. The third-order valence-corrected chi connectivity index (χ3v) is 9.00. The highest BCUT2D eigenvalue weighted by Crippen LogP contribution is 2.33. The molecule has 0 aliphatic heterocycles. The lowest BCUT2D eigenvalue weighted by Gasteiger charge is -2.19. The minimum atomic E-state index is -3.59. The molecule has 0 saturated carbocycles. The van der Waals surface area contributed by atoms with Crippen molar-refractivity contribution < 1.29 is 22.2 Å². The summed E-state index contributed by atoms with van der Waals surface area (Å²) in [6, 6.07) is 16.8. The minimum Gasteiger partial charge on any atom is -0.444 e. The molecule has 2 aromatic carbocycles. The Morgan fingerprint density at radius 1 is 0.970 bits per heavy atom. The molecule has 0 spiro atoms. The SMILES string of the molecule is CC(C)(C)OC(=O)NCc1ccc(S(=N)(=O)c2cc(-c3ccccc3)cc(S(C)(=O)=O)c2)s1. The standard InChI is InChI=1S/C23H26N2O5S3/c1-23(2,3)30-22(26)25-15-18-10-11-21(31-18)33(24,29)20-13-17(16-8-6-5-7-9-16)12-19(14-20)32(4,27)28/h5-14,24H,15H2,1-4H3,(H,25,26). The number of thiophene rings is 1. The minimum absolute atomic E-state index is 0.00204. The largest absolute Gasteiger partial charge is 0.444 e. The molecule has 0 bridgehead atoms. The van der Waals surface area contributed by atoms with Gasteiger partial charge in [-0.05, 0) is 62.2 Å². The molecule has 0 fully saturated rings. The van der Waals surface area contributed by atoms with Crippen molar-refractivity contribution in [1.82, 2.24) is 5.32 Å². The average molecular weight is 507 g/mol. The summed E-state index contributed by atoms with van der Waals surface area (Å²) in [6.07, 6.45) is 0.510. The van der Waals surface area contributed by atoms with Crippen molar-refractivity contribution in [2.45, 2.75) is 46.9 Å². The number of benzene rings is 2. The summed E-state index contributed by atoms with van der Waals surface area (Å²) in [5.41, 5.74) is 0.700. The number of carbonyl (C=O) groups is 1. The Labute approximate surface area is 198 Å². The molecule has 33 heavy (non-hydrogen) atoms. The fourth-order valence-electron chi connectivity index (χ4n) is 2.95. The fourth-order valence-corrected chi connectivity index (χ4v) is 6.54. The quantitative estimate of drug-likeness (QED) is 0.470. The zero-order chi connectivity index (χ0) is 24.4. The lowest BCUT2D eigenvalue weighted by Crippen LogP contribution is -2.31. The van der Waals surface area contributed by atoms with E-state index in [1.807, 2.05) is 30.3 Å². The number of alkyl carbamates (subject to hydrolysis) is 1. The zero-order valence-corrected chi connectivity index (χ0v) is 21.2. The second-order valence-corrected chi connectivity index (χ2v) is 13.9. The first-order valence-corrected chi connectivity index (χ1v) is 14.3. The van der Waals surface area contributed by atoms with Crippen molar-refractivity contribution in [1.29, 1.82) is 4.78 Å². The molecule has 3 aromatic rings. The highest BCUT2D eigenvalue weighted by molar-refractivity contribution is 7.94. The zero-order valence-electron chi connectivity index (χ0n) is 18.7. The van der Waals surface area contributed by atoms with Crippen LogP contribution in [0, 0.1) is 4.78 Å². The maximum atomic E-state index is 13.6. The normalized spacial score (nSPS) is 13.8. The molecular weight excluding hydrogens is 480 g/mol. The van der Waals surface area contributed by atoms with E-state index in [4.69, 9.17) is 9.52 Å². The highest BCUT2D eigenvalue weighted by Gasteiger charge is 2.21. The monoisotopic (exact) mass is 506 g/mol. The van der Waals surface area contributed by atoms with Crippen LogP contribution < -0.4 is 5.32 Å². The number of hydrogen-bond acceptors (Lipinski definition) is 7. The smallest absolute Gasteiger partial charge is 0.407 e. The summed E-state index contributed by atoms with van der Waals surface area (Å²) in [5.74, 6) is 0. The van der Waals surface area contributed by atoms with Gasteiger partial charge in [-0.15, -0.1) is 11.3 Å². The van der Waals surface area contributed by atoms with E-state index in [9.17, 15) is 17.4 Å². The average Bonchev–Trinajstić information content (AvgIpc) is 3.21. The van der Waals surface area contributed by atoms with Gasteiger partial charge in [-0.1, -0.05) is 30.3 Å². The maximum Gasteiger partial charge on any atom is 0.407 e. The van der Waals surface area contributed by atoms with E-state index in [-0.39, 0.29) is 20.5 Å². The highest BCUT2D eigenvalue weighted by atomic mass is 32.2. The summed E-state index contributed by atoms with van der Waals surface area (Å²) in [5, 5.41) is 2.64. The van der Waals surface area contributed by atoms with E-state index < -0.39 is 31.3 Å². The molecule has 3 rings (SSSR count). The number of hydrogen-bond donors (Lipinski definition) is 2. The van der Waals surface area contributed by atoms with Gasteiger partial charge in [0.05, 0.1) is 16.3 Å². The number of rotatable bonds is 6. The van der Waals surface area contributed by atoms with Crippen LogP contribution in [0.4, 0.5) is 4.79 Å². The van der Waals surface area contributed by atoms with Crippen LogP contribution in [0.2, 0.25) is 0 Å². The Morgan fingerprint density at radius 2 is 1.61 bits per heavy atom. The van der Waals surface area contributed by atoms with Gasteiger partial charge in [-0.3, -0.25) is 0 Å². The van der Waals surface area contributed by atoms with Gasteiger partial charge >= 0.3 is 6.09 Å².